The number of nitrogens with one attached hydrogen (secondary N) is 1. The van der Waals surface area contributed by atoms with Gasteiger partial charge < -0.3 is 5.32 Å². The molecule has 1 heterocycles. The van der Waals surface area contributed by atoms with E-state index in [0.29, 0.717) is 5.92 Å². The van der Waals surface area contributed by atoms with Crippen molar-refractivity contribution in [3.8, 4) is 10.6 Å². The molecule has 1 N–H and O–H groups in total. The van der Waals surface area contributed by atoms with Gasteiger partial charge in [-0.25, -0.2) is 9.37 Å². The number of aromatic nitrogens is 1. The van der Waals surface area contributed by atoms with Crippen LogP contribution in [0.3, 0.4) is 0 Å². The summed E-state index contributed by atoms with van der Waals surface area (Å²) in [6.45, 7) is 7.04. The predicted molar refractivity (Wildman–Crippen MR) is 79.1 cm³/mol. The summed E-state index contributed by atoms with van der Waals surface area (Å²) in [4.78, 5) is 6.01. The minimum absolute atomic E-state index is 0.197. The normalized spacial score (nSPS) is 11.3. The standard InChI is InChI=1S/C15H19FN2S/c1-9(2)14-13(8-17-4)19-15(18-14)12-6-5-11(16)7-10(12)3/h5-7,9,17H,8H2,1-4H3. The minimum Gasteiger partial charge on any atom is -0.315 e. The van der Waals surface area contributed by atoms with Gasteiger partial charge in [0, 0.05) is 17.0 Å². The molecule has 102 valence electrons. The SMILES string of the molecule is CNCc1sc(-c2ccc(F)cc2C)nc1C(C)C. The van der Waals surface area contributed by atoms with E-state index >= 15 is 0 Å². The maximum atomic E-state index is 13.2. The van der Waals surface area contributed by atoms with E-state index in [1.54, 1.807) is 17.4 Å². The van der Waals surface area contributed by atoms with Crippen molar-refractivity contribution in [3.63, 3.8) is 0 Å². The second kappa shape index (κ2) is 5.80. The smallest absolute Gasteiger partial charge is 0.124 e. The summed E-state index contributed by atoms with van der Waals surface area (Å²) in [5.74, 6) is 0.200. The van der Waals surface area contributed by atoms with Gasteiger partial charge in [0.1, 0.15) is 10.8 Å². The first-order valence-electron chi connectivity index (χ1n) is 6.43. The van der Waals surface area contributed by atoms with Gasteiger partial charge in [-0.2, -0.15) is 0 Å². The number of rotatable bonds is 4. The largest absolute Gasteiger partial charge is 0.315 e. The maximum absolute atomic E-state index is 13.2. The van der Waals surface area contributed by atoms with Crippen molar-refractivity contribution in [3.05, 3.63) is 40.2 Å². The summed E-state index contributed by atoms with van der Waals surface area (Å²) in [5, 5.41) is 4.16. The summed E-state index contributed by atoms with van der Waals surface area (Å²) < 4.78 is 13.2. The molecule has 0 saturated heterocycles. The van der Waals surface area contributed by atoms with Gasteiger partial charge in [-0.15, -0.1) is 11.3 Å². The molecule has 0 aliphatic heterocycles. The molecular weight excluding hydrogens is 259 g/mol. The Hall–Kier alpha value is -1.26. The number of hydrogen-bond acceptors (Lipinski definition) is 3. The lowest BCUT2D eigenvalue weighted by molar-refractivity contribution is 0.627. The molecule has 0 unspecified atom stereocenters. The summed E-state index contributed by atoms with van der Waals surface area (Å²) >= 11 is 1.69. The molecule has 0 atom stereocenters. The predicted octanol–water partition coefficient (Wildman–Crippen LogP) is 4.10. The van der Waals surface area contributed by atoms with Gasteiger partial charge in [0.15, 0.2) is 0 Å². The number of hydrogen-bond donors (Lipinski definition) is 1. The third kappa shape index (κ3) is 3.01. The Morgan fingerprint density at radius 2 is 2.11 bits per heavy atom. The lowest BCUT2D eigenvalue weighted by Gasteiger charge is -2.03. The zero-order valence-corrected chi connectivity index (χ0v) is 12.6. The Bertz CT molecular complexity index is 576. The number of benzene rings is 1. The van der Waals surface area contributed by atoms with Crippen LogP contribution in [0.4, 0.5) is 4.39 Å². The summed E-state index contributed by atoms with van der Waals surface area (Å²) in [6, 6.07) is 4.87. The van der Waals surface area contributed by atoms with E-state index in [4.69, 9.17) is 4.98 Å². The van der Waals surface area contributed by atoms with Crippen LogP contribution in [0.2, 0.25) is 0 Å². The average molecular weight is 278 g/mol. The van der Waals surface area contributed by atoms with Crippen LogP contribution in [-0.2, 0) is 6.54 Å². The van der Waals surface area contributed by atoms with Gasteiger partial charge >= 0.3 is 0 Å². The molecule has 0 aliphatic rings. The van der Waals surface area contributed by atoms with Crippen LogP contribution in [0.5, 0.6) is 0 Å². The molecular formula is C15H19FN2S. The molecule has 0 bridgehead atoms. The van der Waals surface area contributed by atoms with Crippen molar-refractivity contribution in [1.82, 2.24) is 10.3 Å². The van der Waals surface area contributed by atoms with Crippen molar-refractivity contribution in [2.24, 2.45) is 0 Å². The molecule has 0 amide bonds. The van der Waals surface area contributed by atoms with Crippen LogP contribution in [0.25, 0.3) is 10.6 Å². The molecule has 19 heavy (non-hydrogen) atoms. The highest BCUT2D eigenvalue weighted by Gasteiger charge is 2.16. The van der Waals surface area contributed by atoms with Crippen molar-refractivity contribution in [2.75, 3.05) is 7.05 Å². The van der Waals surface area contributed by atoms with Crippen molar-refractivity contribution < 1.29 is 4.39 Å². The highest BCUT2D eigenvalue weighted by atomic mass is 32.1. The molecule has 0 fully saturated rings. The molecule has 4 heteroatoms. The van der Waals surface area contributed by atoms with Crippen LogP contribution in [0.1, 0.15) is 35.9 Å². The van der Waals surface area contributed by atoms with Crippen LogP contribution in [0, 0.1) is 12.7 Å². The quantitative estimate of drug-likeness (QED) is 0.910. The third-order valence-corrected chi connectivity index (χ3v) is 4.14. The van der Waals surface area contributed by atoms with E-state index in [9.17, 15) is 4.39 Å². The fourth-order valence-electron chi connectivity index (χ4n) is 2.08. The van der Waals surface area contributed by atoms with Gasteiger partial charge in [-0.3, -0.25) is 0 Å². The number of thiazole rings is 1. The second-order valence-electron chi connectivity index (χ2n) is 4.97. The Morgan fingerprint density at radius 3 is 2.68 bits per heavy atom. The Balaban J connectivity index is 2.47. The van der Waals surface area contributed by atoms with Crippen LogP contribution in [-0.4, -0.2) is 12.0 Å². The van der Waals surface area contributed by atoms with Crippen molar-refractivity contribution in [2.45, 2.75) is 33.2 Å². The summed E-state index contributed by atoms with van der Waals surface area (Å²) in [6.07, 6.45) is 0. The van der Waals surface area contributed by atoms with Gasteiger partial charge in [0.25, 0.3) is 0 Å². The highest BCUT2D eigenvalue weighted by molar-refractivity contribution is 7.15. The second-order valence-corrected chi connectivity index (χ2v) is 6.06. The lowest BCUT2D eigenvalue weighted by atomic mass is 10.1. The Morgan fingerprint density at radius 1 is 1.37 bits per heavy atom. The first-order valence-corrected chi connectivity index (χ1v) is 7.25. The monoisotopic (exact) mass is 278 g/mol. The van der Waals surface area contributed by atoms with E-state index in [1.165, 1.54) is 10.9 Å². The number of aryl methyl sites for hydroxylation is 1. The van der Waals surface area contributed by atoms with Crippen LogP contribution < -0.4 is 5.32 Å². The average Bonchev–Trinajstić information content (AvgIpc) is 2.73. The van der Waals surface area contributed by atoms with Crippen molar-refractivity contribution >= 4 is 11.3 Å². The van der Waals surface area contributed by atoms with Crippen molar-refractivity contribution in [1.29, 1.82) is 0 Å². The van der Waals surface area contributed by atoms with E-state index in [0.717, 1.165) is 28.4 Å². The molecule has 0 saturated carbocycles. The first kappa shape index (κ1) is 14.2. The first-order chi connectivity index (χ1) is 9.02. The van der Waals surface area contributed by atoms with E-state index in [1.807, 2.05) is 20.0 Å². The molecule has 1 aromatic carbocycles. The Labute approximate surface area is 117 Å². The summed E-state index contributed by atoms with van der Waals surface area (Å²) in [5.41, 5.74) is 3.09. The van der Waals surface area contributed by atoms with Gasteiger partial charge in [-0.05, 0) is 43.7 Å². The zero-order chi connectivity index (χ0) is 14.0. The van der Waals surface area contributed by atoms with Gasteiger partial charge in [0.2, 0.25) is 0 Å². The van der Waals surface area contributed by atoms with Crippen LogP contribution >= 0.6 is 11.3 Å². The molecule has 2 aromatic rings. The highest BCUT2D eigenvalue weighted by Crippen LogP contribution is 2.33. The maximum Gasteiger partial charge on any atom is 0.124 e. The molecule has 0 aliphatic carbocycles. The van der Waals surface area contributed by atoms with Gasteiger partial charge in [-0.1, -0.05) is 13.8 Å². The zero-order valence-electron chi connectivity index (χ0n) is 11.7. The minimum atomic E-state index is -0.197. The van der Waals surface area contributed by atoms with E-state index in [2.05, 4.69) is 19.2 Å². The van der Waals surface area contributed by atoms with Crippen LogP contribution in [0.15, 0.2) is 18.2 Å². The topological polar surface area (TPSA) is 24.9 Å². The molecule has 2 nitrogen and oxygen atoms in total. The molecule has 0 spiro atoms. The Kier molecular flexibility index (Phi) is 4.32. The molecule has 2 rings (SSSR count). The third-order valence-electron chi connectivity index (χ3n) is 3.03. The molecule has 0 radical (unpaired) electrons. The van der Waals surface area contributed by atoms with E-state index < -0.39 is 0 Å². The van der Waals surface area contributed by atoms with E-state index in [-0.39, 0.29) is 5.82 Å². The summed E-state index contributed by atoms with van der Waals surface area (Å²) in [7, 11) is 1.94. The fourth-order valence-corrected chi connectivity index (χ4v) is 3.40. The number of nitrogens with zero attached hydrogens (tertiary/aromatic N) is 1. The lowest BCUT2D eigenvalue weighted by Crippen LogP contribution is -2.06. The van der Waals surface area contributed by atoms with Gasteiger partial charge in [0.05, 0.1) is 5.69 Å². The molecule has 1 aromatic heterocycles. The number of halogens is 1. The fraction of sp³-hybridized carbons (Fsp3) is 0.400.